The number of non-ortho nitro benzene ring substituents is 1. The molecule has 1 aromatic rings. The number of halogens is 1. The van der Waals surface area contributed by atoms with Crippen LogP contribution in [0.15, 0.2) is 12.1 Å². The second kappa shape index (κ2) is 6.95. The van der Waals surface area contributed by atoms with E-state index in [4.69, 9.17) is 4.74 Å². The molecule has 7 heteroatoms. The van der Waals surface area contributed by atoms with E-state index in [0.29, 0.717) is 6.42 Å². The van der Waals surface area contributed by atoms with Crippen LogP contribution in [0.25, 0.3) is 0 Å². The SMILES string of the molecule is CCC(COC)NC(=O)c1cc([N+](=O)[O-])cc(C)c1F. The van der Waals surface area contributed by atoms with Crippen LogP contribution in [0, 0.1) is 22.9 Å². The number of amides is 1. The number of carbonyl (C=O) groups is 1. The van der Waals surface area contributed by atoms with Gasteiger partial charge in [-0.1, -0.05) is 6.92 Å². The Hall–Kier alpha value is -2.02. The second-order valence-corrected chi connectivity index (χ2v) is 4.42. The van der Waals surface area contributed by atoms with Gasteiger partial charge in [0.1, 0.15) is 5.82 Å². The fourth-order valence-corrected chi connectivity index (χ4v) is 1.75. The first-order valence-electron chi connectivity index (χ1n) is 6.15. The van der Waals surface area contributed by atoms with Crippen LogP contribution in [-0.2, 0) is 4.74 Å². The van der Waals surface area contributed by atoms with Crippen molar-refractivity contribution >= 4 is 11.6 Å². The quantitative estimate of drug-likeness (QED) is 0.641. The summed E-state index contributed by atoms with van der Waals surface area (Å²) in [4.78, 5) is 22.1. The average molecular weight is 284 g/mol. The Balaban J connectivity index is 3.05. The summed E-state index contributed by atoms with van der Waals surface area (Å²) in [5.74, 6) is -1.43. The lowest BCUT2D eigenvalue weighted by Crippen LogP contribution is -2.38. The molecule has 0 aliphatic heterocycles. The minimum atomic E-state index is -0.750. The van der Waals surface area contributed by atoms with Crippen LogP contribution in [0.4, 0.5) is 10.1 Å². The summed E-state index contributed by atoms with van der Waals surface area (Å²) in [5.41, 5.74) is -0.579. The van der Waals surface area contributed by atoms with Gasteiger partial charge in [-0.05, 0) is 18.9 Å². The van der Waals surface area contributed by atoms with Crippen LogP contribution in [0.1, 0.15) is 29.3 Å². The summed E-state index contributed by atoms with van der Waals surface area (Å²) in [5, 5.41) is 13.3. The maximum atomic E-state index is 13.9. The van der Waals surface area contributed by atoms with E-state index in [-0.39, 0.29) is 29.5 Å². The van der Waals surface area contributed by atoms with Crippen molar-refractivity contribution in [3.63, 3.8) is 0 Å². The van der Waals surface area contributed by atoms with Crippen molar-refractivity contribution in [1.29, 1.82) is 0 Å². The molecule has 0 heterocycles. The molecule has 0 bridgehead atoms. The standard InChI is InChI=1S/C13H17FN2O4/c1-4-9(7-20-3)15-13(17)11-6-10(16(18)19)5-8(2)12(11)14/h5-6,9H,4,7H2,1-3H3,(H,15,17). The number of aryl methyl sites for hydroxylation is 1. The number of nitrogens with one attached hydrogen (secondary N) is 1. The van der Waals surface area contributed by atoms with Gasteiger partial charge in [-0.25, -0.2) is 4.39 Å². The highest BCUT2D eigenvalue weighted by molar-refractivity contribution is 5.95. The molecule has 1 rings (SSSR count). The van der Waals surface area contributed by atoms with Gasteiger partial charge in [0.05, 0.1) is 23.1 Å². The third kappa shape index (κ3) is 3.74. The molecule has 0 radical (unpaired) electrons. The number of hydrogen-bond donors (Lipinski definition) is 1. The number of nitro benzene ring substituents is 1. The molecule has 0 aromatic heterocycles. The lowest BCUT2D eigenvalue weighted by atomic mass is 10.1. The number of rotatable bonds is 6. The van der Waals surface area contributed by atoms with E-state index >= 15 is 0 Å². The van der Waals surface area contributed by atoms with Crippen molar-refractivity contribution in [3.05, 3.63) is 39.2 Å². The highest BCUT2D eigenvalue weighted by atomic mass is 19.1. The maximum Gasteiger partial charge on any atom is 0.270 e. The molecule has 0 saturated heterocycles. The van der Waals surface area contributed by atoms with E-state index in [2.05, 4.69) is 5.32 Å². The van der Waals surface area contributed by atoms with E-state index in [1.807, 2.05) is 6.92 Å². The zero-order chi connectivity index (χ0) is 15.3. The van der Waals surface area contributed by atoms with E-state index in [1.54, 1.807) is 0 Å². The summed E-state index contributed by atoms with van der Waals surface area (Å²) in [6.45, 7) is 3.52. The summed E-state index contributed by atoms with van der Waals surface area (Å²) in [7, 11) is 1.49. The van der Waals surface area contributed by atoms with Crippen molar-refractivity contribution < 1.29 is 18.8 Å². The number of benzene rings is 1. The normalized spacial score (nSPS) is 12.0. The van der Waals surface area contributed by atoms with E-state index in [9.17, 15) is 19.3 Å². The van der Waals surface area contributed by atoms with Crippen LogP contribution in [0.3, 0.4) is 0 Å². The molecule has 0 fully saturated rings. The van der Waals surface area contributed by atoms with Crippen LogP contribution in [-0.4, -0.2) is 30.6 Å². The Morgan fingerprint density at radius 2 is 2.20 bits per heavy atom. The molecule has 110 valence electrons. The van der Waals surface area contributed by atoms with Crippen LogP contribution >= 0.6 is 0 Å². The fraction of sp³-hybridized carbons (Fsp3) is 0.462. The number of nitrogens with zero attached hydrogens (tertiary/aromatic N) is 1. The monoisotopic (exact) mass is 284 g/mol. The molecule has 1 N–H and O–H groups in total. The third-order valence-electron chi connectivity index (χ3n) is 2.89. The molecule has 0 saturated carbocycles. The van der Waals surface area contributed by atoms with Crippen molar-refractivity contribution in [2.24, 2.45) is 0 Å². The minimum absolute atomic E-state index is 0.0594. The first-order chi connectivity index (χ1) is 9.40. The minimum Gasteiger partial charge on any atom is -0.383 e. The van der Waals surface area contributed by atoms with E-state index in [1.165, 1.54) is 14.0 Å². The van der Waals surface area contributed by atoms with Gasteiger partial charge in [-0.15, -0.1) is 0 Å². The molecule has 1 unspecified atom stereocenters. The Kier molecular flexibility index (Phi) is 5.57. The van der Waals surface area contributed by atoms with Crippen LogP contribution in [0.2, 0.25) is 0 Å². The molecule has 1 atom stereocenters. The van der Waals surface area contributed by atoms with Gasteiger partial charge >= 0.3 is 0 Å². The van der Waals surface area contributed by atoms with Crippen molar-refractivity contribution in [2.45, 2.75) is 26.3 Å². The zero-order valence-corrected chi connectivity index (χ0v) is 11.6. The smallest absolute Gasteiger partial charge is 0.270 e. The third-order valence-corrected chi connectivity index (χ3v) is 2.89. The van der Waals surface area contributed by atoms with Crippen molar-refractivity contribution in [2.75, 3.05) is 13.7 Å². The van der Waals surface area contributed by atoms with Crippen molar-refractivity contribution in [1.82, 2.24) is 5.32 Å². The number of methoxy groups -OCH3 is 1. The van der Waals surface area contributed by atoms with E-state index in [0.717, 1.165) is 12.1 Å². The molecule has 1 amide bonds. The Labute approximate surface area is 116 Å². The van der Waals surface area contributed by atoms with E-state index < -0.39 is 16.6 Å². The lowest BCUT2D eigenvalue weighted by molar-refractivity contribution is -0.385. The summed E-state index contributed by atoms with van der Waals surface area (Å²) in [6, 6.07) is 1.77. The van der Waals surface area contributed by atoms with Gasteiger partial charge in [-0.3, -0.25) is 14.9 Å². The first-order valence-corrected chi connectivity index (χ1v) is 6.15. The highest BCUT2D eigenvalue weighted by Crippen LogP contribution is 2.21. The highest BCUT2D eigenvalue weighted by Gasteiger charge is 2.21. The molecule has 20 heavy (non-hydrogen) atoms. The van der Waals surface area contributed by atoms with Gasteiger partial charge in [0.15, 0.2) is 0 Å². The maximum absolute atomic E-state index is 13.9. The Bertz CT molecular complexity index is 519. The molecule has 6 nitrogen and oxygen atoms in total. The number of ether oxygens (including phenoxy) is 1. The van der Waals surface area contributed by atoms with Crippen LogP contribution < -0.4 is 5.32 Å². The first kappa shape index (κ1) is 16.0. The zero-order valence-electron chi connectivity index (χ0n) is 11.6. The van der Waals surface area contributed by atoms with Gasteiger partial charge in [0.25, 0.3) is 11.6 Å². The predicted octanol–water partition coefficient (Wildman–Crippen LogP) is 2.20. The Morgan fingerprint density at radius 3 is 2.70 bits per heavy atom. The summed E-state index contributed by atoms with van der Waals surface area (Å²) >= 11 is 0. The van der Waals surface area contributed by atoms with Gasteiger partial charge < -0.3 is 10.1 Å². The average Bonchev–Trinajstić information content (AvgIpc) is 2.40. The number of hydrogen-bond acceptors (Lipinski definition) is 4. The fourth-order valence-electron chi connectivity index (χ4n) is 1.75. The predicted molar refractivity (Wildman–Crippen MR) is 71.2 cm³/mol. The lowest BCUT2D eigenvalue weighted by Gasteiger charge is -2.16. The van der Waals surface area contributed by atoms with Gasteiger partial charge in [0.2, 0.25) is 0 Å². The molecule has 1 aromatic carbocycles. The van der Waals surface area contributed by atoms with Crippen molar-refractivity contribution in [3.8, 4) is 0 Å². The molecule has 0 aliphatic rings. The topological polar surface area (TPSA) is 81.5 Å². The number of nitro groups is 1. The Morgan fingerprint density at radius 1 is 1.55 bits per heavy atom. The molecular formula is C13H17FN2O4. The molecule has 0 spiro atoms. The van der Waals surface area contributed by atoms with Crippen LogP contribution in [0.5, 0.6) is 0 Å². The largest absolute Gasteiger partial charge is 0.383 e. The molecule has 0 aliphatic carbocycles. The summed E-state index contributed by atoms with van der Waals surface area (Å²) in [6.07, 6.45) is 0.606. The second-order valence-electron chi connectivity index (χ2n) is 4.42. The molecular weight excluding hydrogens is 267 g/mol. The number of carbonyl (C=O) groups excluding carboxylic acids is 1. The van der Waals surface area contributed by atoms with Gasteiger partial charge in [0, 0.05) is 19.2 Å². The van der Waals surface area contributed by atoms with Gasteiger partial charge in [-0.2, -0.15) is 0 Å². The summed E-state index contributed by atoms with van der Waals surface area (Å²) < 4.78 is 18.9.